The maximum atomic E-state index is 6.10. The molecule has 1 aromatic carbocycles. The van der Waals surface area contributed by atoms with Gasteiger partial charge in [-0.1, -0.05) is 23.2 Å². The SMILES string of the molecule is Cc1cnc(Cn2c(CCl)nc3cc(Cl)c(Cl)cc32)s1. The Morgan fingerprint density at radius 1 is 1.25 bits per heavy atom. The van der Waals surface area contributed by atoms with Gasteiger partial charge in [0.25, 0.3) is 0 Å². The zero-order valence-corrected chi connectivity index (χ0v) is 13.6. The second-order valence-electron chi connectivity index (χ2n) is 4.37. The summed E-state index contributed by atoms with van der Waals surface area (Å²) in [6.45, 7) is 2.67. The predicted molar refractivity (Wildman–Crippen MR) is 85.3 cm³/mol. The molecule has 2 aromatic heterocycles. The number of fused-ring (bicyclic) bond motifs is 1. The molecule has 20 heavy (non-hydrogen) atoms. The smallest absolute Gasteiger partial charge is 0.125 e. The summed E-state index contributed by atoms with van der Waals surface area (Å²) in [5.74, 6) is 1.11. The third-order valence-corrected chi connectivity index (χ3v) is 4.81. The van der Waals surface area contributed by atoms with Gasteiger partial charge in [-0.15, -0.1) is 22.9 Å². The Bertz CT molecular complexity index is 779. The minimum atomic E-state index is 0.328. The van der Waals surface area contributed by atoms with E-state index >= 15 is 0 Å². The van der Waals surface area contributed by atoms with Gasteiger partial charge in [0.05, 0.1) is 33.5 Å². The lowest BCUT2D eigenvalue weighted by Crippen LogP contribution is -2.03. The summed E-state index contributed by atoms with van der Waals surface area (Å²) in [5, 5.41) is 2.02. The monoisotopic (exact) mass is 345 g/mol. The molecule has 0 aliphatic carbocycles. The van der Waals surface area contributed by atoms with Crippen LogP contribution in [0.1, 0.15) is 15.7 Å². The van der Waals surface area contributed by atoms with Crippen molar-refractivity contribution >= 4 is 57.2 Å². The fourth-order valence-corrected chi connectivity index (χ4v) is 3.35. The Morgan fingerprint density at radius 3 is 2.65 bits per heavy atom. The van der Waals surface area contributed by atoms with Crippen molar-refractivity contribution in [2.75, 3.05) is 0 Å². The Balaban J connectivity index is 2.14. The highest BCUT2D eigenvalue weighted by Crippen LogP contribution is 2.29. The van der Waals surface area contributed by atoms with Gasteiger partial charge in [0.1, 0.15) is 10.8 Å². The second-order valence-corrected chi connectivity index (χ2v) is 6.77. The maximum Gasteiger partial charge on any atom is 0.125 e. The highest BCUT2D eigenvalue weighted by Gasteiger charge is 2.14. The van der Waals surface area contributed by atoms with E-state index in [0.29, 0.717) is 22.5 Å². The van der Waals surface area contributed by atoms with Crippen LogP contribution in [0.4, 0.5) is 0 Å². The number of halogens is 3. The van der Waals surface area contributed by atoms with E-state index in [1.807, 2.05) is 23.8 Å². The molecule has 0 amide bonds. The van der Waals surface area contributed by atoms with E-state index in [1.54, 1.807) is 17.4 Å². The van der Waals surface area contributed by atoms with E-state index < -0.39 is 0 Å². The van der Waals surface area contributed by atoms with E-state index in [4.69, 9.17) is 34.8 Å². The van der Waals surface area contributed by atoms with E-state index in [9.17, 15) is 0 Å². The molecule has 0 aliphatic rings. The van der Waals surface area contributed by atoms with Crippen molar-refractivity contribution in [3.05, 3.63) is 44.1 Å². The molecule has 0 atom stereocenters. The summed E-state index contributed by atoms with van der Waals surface area (Å²) < 4.78 is 2.03. The molecule has 0 saturated carbocycles. The molecule has 0 unspecified atom stereocenters. The van der Waals surface area contributed by atoms with Gasteiger partial charge in [0.2, 0.25) is 0 Å². The number of aromatic nitrogens is 3. The van der Waals surface area contributed by atoms with Crippen molar-refractivity contribution in [1.29, 1.82) is 0 Å². The van der Waals surface area contributed by atoms with Crippen LogP contribution in [0.25, 0.3) is 11.0 Å². The summed E-state index contributed by atoms with van der Waals surface area (Å²) in [6, 6.07) is 3.58. The average molecular weight is 347 g/mol. The molecule has 104 valence electrons. The topological polar surface area (TPSA) is 30.7 Å². The van der Waals surface area contributed by atoms with E-state index in [1.165, 1.54) is 4.88 Å². The molecule has 2 heterocycles. The van der Waals surface area contributed by atoms with Crippen LogP contribution in [0.5, 0.6) is 0 Å². The standard InChI is InChI=1S/C13H10Cl3N3S/c1-7-5-17-13(20-7)6-19-11-3-9(16)8(15)2-10(11)18-12(19)4-14/h2-3,5H,4,6H2,1H3. The molecule has 0 radical (unpaired) electrons. The fraction of sp³-hybridized carbons (Fsp3) is 0.231. The number of hydrogen-bond donors (Lipinski definition) is 0. The Morgan fingerprint density at radius 2 is 2.00 bits per heavy atom. The molecule has 3 rings (SSSR count). The molecule has 7 heteroatoms. The first kappa shape index (κ1) is 14.1. The van der Waals surface area contributed by atoms with Crippen molar-refractivity contribution in [3.8, 4) is 0 Å². The summed E-state index contributed by atoms with van der Waals surface area (Å²) >= 11 is 19.8. The summed E-state index contributed by atoms with van der Waals surface area (Å²) in [6.07, 6.45) is 1.86. The van der Waals surface area contributed by atoms with Crippen LogP contribution in [0, 0.1) is 6.92 Å². The molecule has 0 N–H and O–H groups in total. The third-order valence-electron chi connectivity index (χ3n) is 2.95. The lowest BCUT2D eigenvalue weighted by Gasteiger charge is -2.05. The molecular weight excluding hydrogens is 337 g/mol. The van der Waals surface area contributed by atoms with Crippen LogP contribution in [-0.2, 0) is 12.4 Å². The van der Waals surface area contributed by atoms with Crippen molar-refractivity contribution in [2.45, 2.75) is 19.3 Å². The molecule has 0 spiro atoms. The van der Waals surface area contributed by atoms with Crippen molar-refractivity contribution in [1.82, 2.24) is 14.5 Å². The normalized spacial score (nSPS) is 11.4. The molecule has 3 aromatic rings. The van der Waals surface area contributed by atoms with Crippen LogP contribution in [0.2, 0.25) is 10.0 Å². The number of rotatable bonds is 3. The highest BCUT2D eigenvalue weighted by molar-refractivity contribution is 7.11. The number of thiazole rings is 1. The first-order chi connectivity index (χ1) is 9.58. The summed E-state index contributed by atoms with van der Waals surface area (Å²) in [7, 11) is 0. The fourth-order valence-electron chi connectivity index (χ4n) is 2.06. The second kappa shape index (κ2) is 5.53. The highest BCUT2D eigenvalue weighted by atomic mass is 35.5. The van der Waals surface area contributed by atoms with Gasteiger partial charge in [-0.05, 0) is 19.1 Å². The number of imidazole rings is 1. The number of hydrogen-bond acceptors (Lipinski definition) is 3. The molecule has 0 fully saturated rings. The quantitative estimate of drug-likeness (QED) is 0.632. The zero-order valence-electron chi connectivity index (χ0n) is 10.5. The largest absolute Gasteiger partial charge is 0.320 e. The zero-order chi connectivity index (χ0) is 14.3. The minimum Gasteiger partial charge on any atom is -0.320 e. The van der Waals surface area contributed by atoms with Crippen molar-refractivity contribution in [2.24, 2.45) is 0 Å². The van der Waals surface area contributed by atoms with Crippen LogP contribution in [-0.4, -0.2) is 14.5 Å². The molecule has 0 saturated heterocycles. The van der Waals surface area contributed by atoms with Crippen LogP contribution in [0.15, 0.2) is 18.3 Å². The van der Waals surface area contributed by atoms with Crippen molar-refractivity contribution < 1.29 is 0 Å². The lowest BCUT2D eigenvalue weighted by atomic mass is 10.3. The Labute approximate surface area is 135 Å². The molecular formula is C13H10Cl3N3S. The molecule has 0 bridgehead atoms. The molecule has 3 nitrogen and oxygen atoms in total. The maximum absolute atomic E-state index is 6.10. The van der Waals surface area contributed by atoms with Gasteiger partial charge >= 0.3 is 0 Å². The number of benzene rings is 1. The van der Waals surface area contributed by atoms with Crippen molar-refractivity contribution in [3.63, 3.8) is 0 Å². The minimum absolute atomic E-state index is 0.328. The van der Waals surface area contributed by atoms with E-state index in [2.05, 4.69) is 9.97 Å². The molecule has 0 aliphatic heterocycles. The Kier molecular flexibility index (Phi) is 3.91. The van der Waals surface area contributed by atoms with E-state index in [-0.39, 0.29) is 0 Å². The predicted octanol–water partition coefficient (Wildman–Crippen LogP) is 4.90. The van der Waals surface area contributed by atoms with Gasteiger partial charge in [0.15, 0.2) is 0 Å². The van der Waals surface area contributed by atoms with Gasteiger partial charge < -0.3 is 4.57 Å². The van der Waals surface area contributed by atoms with E-state index in [0.717, 1.165) is 21.9 Å². The van der Waals surface area contributed by atoms with Gasteiger partial charge in [-0.2, -0.15) is 0 Å². The van der Waals surface area contributed by atoms with Gasteiger partial charge in [-0.3, -0.25) is 0 Å². The summed E-state index contributed by atoms with van der Waals surface area (Å²) in [4.78, 5) is 10.1. The first-order valence-electron chi connectivity index (χ1n) is 5.90. The third kappa shape index (κ3) is 2.53. The number of nitrogens with zero attached hydrogens (tertiary/aromatic N) is 3. The van der Waals surface area contributed by atoms with Crippen LogP contribution in [0.3, 0.4) is 0 Å². The average Bonchev–Trinajstić information content (AvgIpc) is 2.96. The number of aryl methyl sites for hydroxylation is 1. The van der Waals surface area contributed by atoms with Gasteiger partial charge in [-0.25, -0.2) is 9.97 Å². The van der Waals surface area contributed by atoms with Crippen LogP contribution < -0.4 is 0 Å². The lowest BCUT2D eigenvalue weighted by molar-refractivity contribution is 0.773. The van der Waals surface area contributed by atoms with Gasteiger partial charge in [0, 0.05) is 11.1 Å². The Hall–Kier alpha value is -0.810. The number of alkyl halides is 1. The summed E-state index contributed by atoms with van der Waals surface area (Å²) in [5.41, 5.74) is 1.71. The van der Waals surface area contributed by atoms with Crippen LogP contribution >= 0.6 is 46.1 Å². The first-order valence-corrected chi connectivity index (χ1v) is 8.00.